The molecule has 0 aliphatic carbocycles. The second-order valence-corrected chi connectivity index (χ2v) is 10.3. The van der Waals surface area contributed by atoms with E-state index < -0.39 is 11.8 Å². The molecular formula is C22H4Cl8N4Na2O2. The first-order valence-corrected chi connectivity index (χ1v) is 12.6. The molecule has 0 N–H and O–H groups in total. The van der Waals surface area contributed by atoms with E-state index in [9.17, 15) is 10.2 Å². The maximum atomic E-state index is 12.4. The van der Waals surface area contributed by atoms with Gasteiger partial charge in [0.1, 0.15) is 0 Å². The van der Waals surface area contributed by atoms with Crippen LogP contribution in [0.25, 0.3) is 0 Å². The van der Waals surface area contributed by atoms with Crippen molar-refractivity contribution in [3.05, 3.63) is 86.7 Å². The summed E-state index contributed by atoms with van der Waals surface area (Å²) in [4.78, 5) is 16.6. The summed E-state index contributed by atoms with van der Waals surface area (Å²) in [6, 6.07) is 6.38. The molecular weight excluding hydrogens is 682 g/mol. The zero-order valence-corrected chi connectivity index (χ0v) is 29.0. The van der Waals surface area contributed by atoms with Crippen molar-refractivity contribution in [2.75, 3.05) is 0 Å². The van der Waals surface area contributed by atoms with Crippen LogP contribution in [0.5, 0.6) is 0 Å². The van der Waals surface area contributed by atoms with Gasteiger partial charge in [-0.25, -0.2) is 20.0 Å². The van der Waals surface area contributed by atoms with E-state index in [1.54, 1.807) is 24.3 Å². The quantitative estimate of drug-likeness (QED) is 0.231. The third-order valence-corrected chi connectivity index (χ3v) is 8.75. The van der Waals surface area contributed by atoms with Gasteiger partial charge < -0.3 is 10.2 Å². The van der Waals surface area contributed by atoms with Crippen molar-refractivity contribution in [1.29, 1.82) is 0 Å². The maximum Gasteiger partial charge on any atom is 1.00 e. The standard InChI is InChI=1S/C22H6Cl8N4O2.2Na/c23-11-7-9(13(25)17(29)15(11)27)21(35)33-19(7)31-5-1-2-6(4-3-5)32-20-8-10(22(36)34-20)14(26)18(30)16(28)12(8)24;;/h1-4H,(H,31,33,35)(H,32,34,36);;/q;2*+1/p-2. The van der Waals surface area contributed by atoms with Crippen LogP contribution in [0.4, 0.5) is 11.4 Å². The molecule has 182 valence electrons. The van der Waals surface area contributed by atoms with Crippen molar-refractivity contribution in [3.63, 3.8) is 0 Å². The second-order valence-electron chi connectivity index (χ2n) is 7.23. The molecule has 2 aliphatic rings. The van der Waals surface area contributed by atoms with Gasteiger partial charge >= 0.3 is 59.1 Å². The number of fused-ring (bicyclic) bond motifs is 2. The van der Waals surface area contributed by atoms with Gasteiger partial charge in [0.2, 0.25) is 0 Å². The largest absolute Gasteiger partial charge is 1.00 e. The molecule has 38 heavy (non-hydrogen) atoms. The molecule has 0 unspecified atom stereocenters. The van der Waals surface area contributed by atoms with E-state index in [1.807, 2.05) is 0 Å². The molecule has 6 nitrogen and oxygen atoms in total. The van der Waals surface area contributed by atoms with Crippen LogP contribution in [0.3, 0.4) is 0 Å². The Morgan fingerprint density at radius 2 is 0.711 bits per heavy atom. The molecule has 0 bridgehead atoms. The molecule has 0 radical (unpaired) electrons. The van der Waals surface area contributed by atoms with Crippen LogP contribution in [0.15, 0.2) is 44.2 Å². The molecule has 0 aromatic heterocycles. The molecule has 0 amide bonds. The number of rotatable bonds is 2. The van der Waals surface area contributed by atoms with Crippen LogP contribution in [0.2, 0.25) is 40.2 Å². The average molecular weight is 686 g/mol. The van der Waals surface area contributed by atoms with E-state index in [0.29, 0.717) is 11.4 Å². The number of aliphatic imine (C=N–C) groups is 4. The fraction of sp³-hybridized carbons (Fsp3) is 0. The van der Waals surface area contributed by atoms with Gasteiger partial charge in [-0.1, -0.05) is 92.8 Å². The molecule has 0 spiro atoms. The minimum atomic E-state index is -0.641. The van der Waals surface area contributed by atoms with Crippen LogP contribution in [-0.2, 0) is 0 Å². The van der Waals surface area contributed by atoms with Crippen LogP contribution in [0, 0.1) is 0 Å². The van der Waals surface area contributed by atoms with Crippen LogP contribution < -0.4 is 69.3 Å². The third-order valence-electron chi connectivity index (χ3n) is 5.14. The average Bonchev–Trinajstić information content (AvgIpc) is 3.35. The molecule has 3 aromatic rings. The summed E-state index contributed by atoms with van der Waals surface area (Å²) in [5.74, 6) is -1.23. The maximum absolute atomic E-state index is 12.4. The van der Waals surface area contributed by atoms with Gasteiger partial charge in [-0.15, -0.1) is 0 Å². The van der Waals surface area contributed by atoms with E-state index in [2.05, 4.69) is 20.0 Å². The normalized spacial score (nSPS) is 15.6. The summed E-state index contributed by atoms with van der Waals surface area (Å²) in [7, 11) is 0. The fourth-order valence-electron chi connectivity index (χ4n) is 3.51. The first-order chi connectivity index (χ1) is 17.0. The molecule has 2 aliphatic heterocycles. The molecule has 0 saturated heterocycles. The summed E-state index contributed by atoms with van der Waals surface area (Å²) in [6.45, 7) is 0. The zero-order chi connectivity index (χ0) is 26.0. The molecule has 3 aromatic carbocycles. The Bertz CT molecular complexity index is 1520. The Balaban J connectivity index is 0.00000200. The van der Waals surface area contributed by atoms with E-state index in [0.717, 1.165) is 0 Å². The van der Waals surface area contributed by atoms with Gasteiger partial charge in [0, 0.05) is 22.3 Å². The van der Waals surface area contributed by atoms with Gasteiger partial charge in [0.25, 0.3) is 0 Å². The Hall–Kier alpha value is 0.260. The molecule has 2 heterocycles. The van der Waals surface area contributed by atoms with Crippen molar-refractivity contribution in [1.82, 2.24) is 0 Å². The molecule has 5 rings (SSSR count). The van der Waals surface area contributed by atoms with Crippen molar-refractivity contribution < 1.29 is 69.3 Å². The van der Waals surface area contributed by atoms with E-state index in [1.165, 1.54) is 0 Å². The predicted octanol–water partition coefficient (Wildman–Crippen LogP) is 1.32. The Kier molecular flexibility index (Phi) is 10.9. The smallest absolute Gasteiger partial charge is 0.858 e. The van der Waals surface area contributed by atoms with E-state index in [-0.39, 0.29) is 133 Å². The summed E-state index contributed by atoms with van der Waals surface area (Å²) in [6.07, 6.45) is 0. The minimum absolute atomic E-state index is 0. The Morgan fingerprint density at radius 3 is 1.00 bits per heavy atom. The number of hydrogen-bond donors (Lipinski definition) is 0. The van der Waals surface area contributed by atoms with E-state index in [4.69, 9.17) is 92.8 Å². The molecule has 0 fully saturated rings. The predicted molar refractivity (Wildman–Crippen MR) is 145 cm³/mol. The summed E-state index contributed by atoms with van der Waals surface area (Å²) < 4.78 is 0. The van der Waals surface area contributed by atoms with Crippen LogP contribution >= 0.6 is 92.8 Å². The summed E-state index contributed by atoms with van der Waals surface area (Å²) in [5, 5.41) is 24.6. The van der Waals surface area contributed by atoms with E-state index >= 15 is 0 Å². The first-order valence-electron chi connectivity index (χ1n) is 9.53. The van der Waals surface area contributed by atoms with Crippen LogP contribution in [-0.4, -0.2) is 23.5 Å². The van der Waals surface area contributed by atoms with Gasteiger partial charge in [-0.3, -0.25) is 0 Å². The SMILES string of the molecule is [Na+].[Na+].[O-]C1=NC(=Nc2ccc(N=C3N=C([O-])c4c(Cl)c(Cl)c(Cl)c(Cl)c43)cc2)c2c(Cl)c(Cl)c(Cl)c(Cl)c21. The number of amidine groups is 2. The van der Waals surface area contributed by atoms with Crippen molar-refractivity contribution in [3.8, 4) is 0 Å². The van der Waals surface area contributed by atoms with Crippen LogP contribution in [0.1, 0.15) is 22.3 Å². The number of benzene rings is 3. The second kappa shape index (κ2) is 12.6. The van der Waals surface area contributed by atoms with Gasteiger partial charge in [-0.05, 0) is 36.1 Å². The summed E-state index contributed by atoms with van der Waals surface area (Å²) >= 11 is 49.3. The topological polar surface area (TPSA) is 95.6 Å². The molecule has 16 heteroatoms. The van der Waals surface area contributed by atoms with Gasteiger partial charge in [-0.2, -0.15) is 0 Å². The molecule has 0 saturated carbocycles. The van der Waals surface area contributed by atoms with Crippen molar-refractivity contribution >= 4 is 128 Å². The van der Waals surface area contributed by atoms with Gasteiger partial charge in [0.15, 0.2) is 11.7 Å². The van der Waals surface area contributed by atoms with Crippen molar-refractivity contribution in [2.45, 2.75) is 0 Å². The number of nitrogens with zero attached hydrogens (tertiary/aromatic N) is 4. The number of hydrogen-bond acceptors (Lipinski definition) is 4. The minimum Gasteiger partial charge on any atom is -0.858 e. The number of halogens is 8. The molecule has 0 atom stereocenters. The van der Waals surface area contributed by atoms with Crippen molar-refractivity contribution in [2.24, 2.45) is 20.0 Å². The Labute approximate surface area is 299 Å². The van der Waals surface area contributed by atoms with Gasteiger partial charge in [0.05, 0.1) is 51.6 Å². The fourth-order valence-corrected chi connectivity index (χ4v) is 5.55. The first kappa shape index (κ1) is 32.8. The zero-order valence-electron chi connectivity index (χ0n) is 18.9. The Morgan fingerprint density at radius 1 is 0.447 bits per heavy atom. The monoisotopic (exact) mass is 682 g/mol. The third kappa shape index (κ3) is 5.53. The summed E-state index contributed by atoms with van der Waals surface area (Å²) in [5.41, 5.74) is 1.25.